The molecular weight excluding hydrogens is 268 g/mol. The van der Waals surface area contributed by atoms with Crippen LogP contribution in [0.4, 0.5) is 11.5 Å². The zero-order valence-electron chi connectivity index (χ0n) is 11.5. The summed E-state index contributed by atoms with van der Waals surface area (Å²) in [7, 11) is 0. The van der Waals surface area contributed by atoms with Gasteiger partial charge in [0, 0.05) is 23.7 Å². The Labute approximate surface area is 122 Å². The van der Waals surface area contributed by atoms with Crippen molar-refractivity contribution in [2.24, 2.45) is 0 Å². The van der Waals surface area contributed by atoms with Crippen molar-refractivity contribution in [3.05, 3.63) is 46.1 Å². The molecule has 0 atom stereocenters. The third kappa shape index (κ3) is 2.69. The predicted octanol–water partition coefficient (Wildman–Crippen LogP) is 3.29. The lowest BCUT2D eigenvalue weighted by molar-refractivity contribution is -0.384. The van der Waals surface area contributed by atoms with Crippen LogP contribution in [0.2, 0.25) is 0 Å². The van der Waals surface area contributed by atoms with E-state index >= 15 is 0 Å². The molecule has 2 aromatic rings. The van der Waals surface area contributed by atoms with Crippen molar-refractivity contribution in [3.8, 4) is 11.4 Å². The fourth-order valence-corrected chi connectivity index (χ4v) is 2.86. The van der Waals surface area contributed by atoms with E-state index in [1.807, 2.05) is 0 Å². The van der Waals surface area contributed by atoms with Crippen molar-refractivity contribution in [3.63, 3.8) is 0 Å². The van der Waals surface area contributed by atoms with Gasteiger partial charge in [-0.05, 0) is 18.9 Å². The summed E-state index contributed by atoms with van der Waals surface area (Å²) < 4.78 is 0. The summed E-state index contributed by atoms with van der Waals surface area (Å²) in [5.74, 6) is 1.08. The summed E-state index contributed by atoms with van der Waals surface area (Å²) in [5, 5.41) is 11.1. The van der Waals surface area contributed by atoms with E-state index < -0.39 is 4.92 Å². The number of nitrogens with two attached hydrogens (primary N) is 1. The van der Waals surface area contributed by atoms with Gasteiger partial charge < -0.3 is 5.73 Å². The van der Waals surface area contributed by atoms with Gasteiger partial charge in [0.05, 0.1) is 10.5 Å². The molecule has 1 fully saturated rings. The number of para-hydroxylation sites is 1. The van der Waals surface area contributed by atoms with E-state index in [4.69, 9.17) is 5.73 Å². The summed E-state index contributed by atoms with van der Waals surface area (Å²) in [6.45, 7) is 0. The highest BCUT2D eigenvalue weighted by Crippen LogP contribution is 2.35. The van der Waals surface area contributed by atoms with Gasteiger partial charge in [0.2, 0.25) is 0 Å². The van der Waals surface area contributed by atoms with Crippen LogP contribution in [-0.4, -0.2) is 14.9 Å². The molecule has 0 aliphatic heterocycles. The molecule has 0 bridgehead atoms. The first kappa shape index (κ1) is 13.5. The fourth-order valence-electron chi connectivity index (χ4n) is 2.86. The average Bonchev–Trinajstić information content (AvgIpc) is 3.01. The molecule has 1 aliphatic carbocycles. The third-order valence-electron chi connectivity index (χ3n) is 3.88. The maximum Gasteiger partial charge on any atom is 0.280 e. The fraction of sp³-hybridized carbons (Fsp3) is 0.333. The Morgan fingerprint density at radius 2 is 1.90 bits per heavy atom. The van der Waals surface area contributed by atoms with Crippen molar-refractivity contribution < 1.29 is 4.92 Å². The van der Waals surface area contributed by atoms with Crippen LogP contribution in [0, 0.1) is 10.1 Å². The first-order valence-corrected chi connectivity index (χ1v) is 7.03. The number of benzene rings is 1. The SMILES string of the molecule is Nc1cc(C2CCCC2)nc(-c2ccccc2[N+](=O)[O-])n1. The monoisotopic (exact) mass is 284 g/mol. The van der Waals surface area contributed by atoms with Gasteiger partial charge in [0.25, 0.3) is 5.69 Å². The molecule has 0 radical (unpaired) electrons. The van der Waals surface area contributed by atoms with Gasteiger partial charge in [-0.1, -0.05) is 25.0 Å². The molecule has 6 heteroatoms. The van der Waals surface area contributed by atoms with E-state index in [0.29, 0.717) is 23.1 Å². The van der Waals surface area contributed by atoms with E-state index in [-0.39, 0.29) is 5.69 Å². The first-order valence-electron chi connectivity index (χ1n) is 7.03. The summed E-state index contributed by atoms with van der Waals surface area (Å²) in [4.78, 5) is 19.4. The molecule has 0 amide bonds. The predicted molar refractivity (Wildman–Crippen MR) is 79.7 cm³/mol. The van der Waals surface area contributed by atoms with Gasteiger partial charge in [-0.3, -0.25) is 10.1 Å². The van der Waals surface area contributed by atoms with Gasteiger partial charge in [0.1, 0.15) is 5.82 Å². The lowest BCUT2D eigenvalue weighted by Gasteiger charge is -2.11. The Morgan fingerprint density at radius 3 is 2.62 bits per heavy atom. The summed E-state index contributed by atoms with van der Waals surface area (Å²) >= 11 is 0. The van der Waals surface area contributed by atoms with Gasteiger partial charge in [-0.2, -0.15) is 0 Å². The number of rotatable bonds is 3. The van der Waals surface area contributed by atoms with E-state index in [0.717, 1.165) is 18.5 Å². The van der Waals surface area contributed by atoms with Gasteiger partial charge in [-0.25, -0.2) is 9.97 Å². The Hall–Kier alpha value is -2.50. The van der Waals surface area contributed by atoms with E-state index in [1.165, 1.54) is 18.9 Å². The topological polar surface area (TPSA) is 94.9 Å². The summed E-state index contributed by atoms with van der Waals surface area (Å²) in [5.41, 5.74) is 7.18. The number of anilines is 1. The summed E-state index contributed by atoms with van der Waals surface area (Å²) in [6.07, 6.45) is 4.56. The zero-order chi connectivity index (χ0) is 14.8. The standard InChI is InChI=1S/C15H16N4O2/c16-14-9-12(10-5-1-2-6-10)17-15(18-14)11-7-3-4-8-13(11)19(20)21/h3-4,7-10H,1-2,5-6H2,(H2,16,17,18). The molecular formula is C15H16N4O2. The number of nitro benzene ring substituents is 1. The normalized spacial score (nSPS) is 15.2. The van der Waals surface area contributed by atoms with Gasteiger partial charge >= 0.3 is 0 Å². The number of nitrogen functional groups attached to an aromatic ring is 1. The van der Waals surface area contributed by atoms with Crippen molar-refractivity contribution in [1.82, 2.24) is 9.97 Å². The molecule has 1 aliphatic rings. The highest BCUT2D eigenvalue weighted by molar-refractivity contribution is 5.68. The third-order valence-corrected chi connectivity index (χ3v) is 3.88. The van der Waals surface area contributed by atoms with Gasteiger partial charge in [0.15, 0.2) is 5.82 Å². The van der Waals surface area contributed by atoms with Crippen LogP contribution in [0.3, 0.4) is 0 Å². The van der Waals surface area contributed by atoms with Crippen molar-refractivity contribution in [2.45, 2.75) is 31.6 Å². The van der Waals surface area contributed by atoms with Crippen molar-refractivity contribution >= 4 is 11.5 Å². The Kier molecular flexibility index (Phi) is 3.51. The molecule has 2 N–H and O–H groups in total. The second kappa shape index (κ2) is 5.47. The molecule has 108 valence electrons. The Bertz CT molecular complexity index is 681. The van der Waals surface area contributed by atoms with Crippen LogP contribution in [0.25, 0.3) is 11.4 Å². The van der Waals surface area contributed by atoms with Crippen LogP contribution >= 0.6 is 0 Å². The smallest absolute Gasteiger partial charge is 0.280 e. The highest BCUT2D eigenvalue weighted by atomic mass is 16.6. The van der Waals surface area contributed by atoms with Crippen molar-refractivity contribution in [1.29, 1.82) is 0 Å². The second-order valence-electron chi connectivity index (χ2n) is 5.30. The number of nitro groups is 1. The zero-order valence-corrected chi connectivity index (χ0v) is 11.5. The minimum atomic E-state index is -0.420. The van der Waals surface area contributed by atoms with Crippen LogP contribution in [-0.2, 0) is 0 Å². The Balaban J connectivity index is 2.08. The van der Waals surface area contributed by atoms with Crippen LogP contribution < -0.4 is 5.73 Å². The molecule has 0 unspecified atom stereocenters. The minimum Gasteiger partial charge on any atom is -0.384 e. The molecule has 1 saturated carbocycles. The number of nitrogens with zero attached hydrogens (tertiary/aromatic N) is 3. The average molecular weight is 284 g/mol. The molecule has 1 aromatic heterocycles. The summed E-state index contributed by atoms with van der Waals surface area (Å²) in [6, 6.07) is 8.27. The van der Waals surface area contributed by atoms with E-state index in [2.05, 4.69) is 9.97 Å². The minimum absolute atomic E-state index is 0.000437. The van der Waals surface area contributed by atoms with Crippen LogP contribution in [0.5, 0.6) is 0 Å². The number of hydrogen-bond acceptors (Lipinski definition) is 5. The van der Waals surface area contributed by atoms with Gasteiger partial charge in [-0.15, -0.1) is 0 Å². The van der Waals surface area contributed by atoms with Crippen LogP contribution in [0.15, 0.2) is 30.3 Å². The van der Waals surface area contributed by atoms with Crippen molar-refractivity contribution in [2.75, 3.05) is 5.73 Å². The molecule has 1 aromatic carbocycles. The first-order chi connectivity index (χ1) is 10.1. The molecule has 6 nitrogen and oxygen atoms in total. The molecule has 0 saturated heterocycles. The molecule has 1 heterocycles. The number of hydrogen-bond donors (Lipinski definition) is 1. The lowest BCUT2D eigenvalue weighted by Crippen LogP contribution is -2.04. The quantitative estimate of drug-likeness (QED) is 0.689. The molecule has 3 rings (SSSR count). The molecule has 0 spiro atoms. The highest BCUT2D eigenvalue weighted by Gasteiger charge is 2.22. The molecule has 21 heavy (non-hydrogen) atoms. The number of aromatic nitrogens is 2. The maximum absolute atomic E-state index is 11.1. The van der Waals surface area contributed by atoms with E-state index in [9.17, 15) is 10.1 Å². The second-order valence-corrected chi connectivity index (χ2v) is 5.30. The van der Waals surface area contributed by atoms with E-state index in [1.54, 1.807) is 24.3 Å². The largest absolute Gasteiger partial charge is 0.384 e. The van der Waals surface area contributed by atoms with Crippen LogP contribution in [0.1, 0.15) is 37.3 Å². The lowest BCUT2D eigenvalue weighted by atomic mass is 10.0. The maximum atomic E-state index is 11.1. The Morgan fingerprint density at radius 1 is 1.19 bits per heavy atom.